The zero-order valence-electron chi connectivity index (χ0n) is 12.1. The van der Waals surface area contributed by atoms with Gasteiger partial charge in [-0.05, 0) is 36.7 Å². The maximum atomic E-state index is 12.4. The van der Waals surface area contributed by atoms with Gasteiger partial charge in [-0.1, -0.05) is 55.8 Å². The Labute approximate surface area is 115 Å². The number of hydrogen-bond donors (Lipinski definition) is 0. The number of aryl methyl sites for hydroxylation is 1. The highest BCUT2D eigenvalue weighted by Crippen LogP contribution is 2.64. The molecule has 2 atom stereocenters. The van der Waals surface area contributed by atoms with E-state index in [-0.39, 0.29) is 10.8 Å². The van der Waals surface area contributed by atoms with Crippen molar-refractivity contribution in [1.82, 2.24) is 0 Å². The lowest BCUT2D eigenvalue weighted by atomic mass is 9.68. The molecule has 2 saturated carbocycles. The third-order valence-corrected chi connectivity index (χ3v) is 5.62. The first-order valence-corrected chi connectivity index (χ1v) is 7.25. The lowest BCUT2D eigenvalue weighted by Crippen LogP contribution is -2.33. The molecule has 19 heavy (non-hydrogen) atoms. The van der Waals surface area contributed by atoms with Crippen LogP contribution >= 0.6 is 0 Å². The van der Waals surface area contributed by atoms with Crippen LogP contribution in [0.5, 0.6) is 0 Å². The number of rotatable bonds is 2. The molecule has 100 valence electrons. The molecule has 2 bridgehead atoms. The second kappa shape index (κ2) is 4.06. The van der Waals surface area contributed by atoms with E-state index in [0.29, 0.717) is 11.7 Å². The number of Topliss-reactive ketones (excluding diaryl/α,β-unsaturated/α-hetero) is 1. The molecule has 2 aliphatic rings. The van der Waals surface area contributed by atoms with Crippen LogP contribution in [0.4, 0.5) is 0 Å². The summed E-state index contributed by atoms with van der Waals surface area (Å²) in [5.41, 5.74) is 2.39. The Kier molecular flexibility index (Phi) is 2.70. The van der Waals surface area contributed by atoms with Crippen LogP contribution in [-0.2, 0) is 4.79 Å². The van der Waals surface area contributed by atoms with Gasteiger partial charge in [0.2, 0.25) is 0 Å². The van der Waals surface area contributed by atoms with Crippen molar-refractivity contribution in [3.05, 3.63) is 41.5 Å². The van der Waals surface area contributed by atoms with E-state index >= 15 is 0 Å². The molecule has 1 nitrogen and oxygen atoms in total. The summed E-state index contributed by atoms with van der Waals surface area (Å²) in [6.45, 7) is 6.64. The molecule has 1 heteroatoms. The molecule has 0 radical (unpaired) electrons. The van der Waals surface area contributed by atoms with Crippen LogP contribution < -0.4 is 0 Å². The average molecular weight is 254 g/mol. The molecule has 0 amide bonds. The molecular weight excluding hydrogens is 232 g/mol. The van der Waals surface area contributed by atoms with Gasteiger partial charge in [0.15, 0.2) is 0 Å². The van der Waals surface area contributed by atoms with Crippen molar-refractivity contribution in [2.45, 2.75) is 40.0 Å². The van der Waals surface area contributed by atoms with Crippen molar-refractivity contribution >= 4 is 11.9 Å². The molecule has 3 rings (SSSR count). The van der Waals surface area contributed by atoms with Gasteiger partial charge >= 0.3 is 0 Å². The Morgan fingerprint density at radius 1 is 1.21 bits per heavy atom. The fraction of sp³-hybridized carbons (Fsp3) is 0.500. The molecule has 2 unspecified atom stereocenters. The topological polar surface area (TPSA) is 17.1 Å². The fourth-order valence-corrected chi connectivity index (χ4v) is 4.02. The molecule has 1 aromatic carbocycles. The molecule has 0 heterocycles. The van der Waals surface area contributed by atoms with Crippen LogP contribution in [0.3, 0.4) is 0 Å². The van der Waals surface area contributed by atoms with Gasteiger partial charge in [-0.3, -0.25) is 4.79 Å². The third-order valence-electron chi connectivity index (χ3n) is 5.62. The van der Waals surface area contributed by atoms with Crippen LogP contribution in [0.25, 0.3) is 6.08 Å². The van der Waals surface area contributed by atoms with Crippen molar-refractivity contribution in [2.75, 3.05) is 0 Å². The molecule has 0 N–H and O–H groups in total. The number of allylic oxidation sites excluding steroid dienone is 1. The van der Waals surface area contributed by atoms with E-state index in [1.807, 2.05) is 0 Å². The van der Waals surface area contributed by atoms with Crippen LogP contribution in [0.2, 0.25) is 0 Å². The van der Waals surface area contributed by atoms with Crippen molar-refractivity contribution in [2.24, 2.45) is 16.7 Å². The number of ketones is 1. The van der Waals surface area contributed by atoms with Crippen molar-refractivity contribution in [3.8, 4) is 0 Å². The Morgan fingerprint density at radius 2 is 1.89 bits per heavy atom. The highest BCUT2D eigenvalue weighted by atomic mass is 16.1. The fourth-order valence-electron chi connectivity index (χ4n) is 4.02. The molecular formula is C18H22O. The minimum absolute atomic E-state index is 0.130. The summed E-state index contributed by atoms with van der Waals surface area (Å²) in [6.07, 6.45) is 7.37. The summed E-state index contributed by atoms with van der Waals surface area (Å²) < 4.78 is 0. The smallest absolute Gasteiger partial charge is 0.143 e. The standard InChI is InChI=1S/C18H22O/c1-13-4-6-14(7-5-13)8-10-18-11-9-15(12-16(18)19)17(18,2)3/h4-8,10,15H,9,11-12H2,1-3H3. The number of fused-ring (bicyclic) bond motifs is 2. The first-order valence-electron chi connectivity index (χ1n) is 7.25. The summed E-state index contributed by atoms with van der Waals surface area (Å²) in [6, 6.07) is 8.50. The van der Waals surface area contributed by atoms with Crippen LogP contribution in [0.15, 0.2) is 30.3 Å². The molecule has 0 aromatic heterocycles. The normalized spacial score (nSPS) is 32.4. The van der Waals surface area contributed by atoms with Gasteiger partial charge in [-0.2, -0.15) is 0 Å². The summed E-state index contributed by atoms with van der Waals surface area (Å²) in [5.74, 6) is 1.04. The van der Waals surface area contributed by atoms with E-state index in [4.69, 9.17) is 0 Å². The van der Waals surface area contributed by atoms with Gasteiger partial charge in [0, 0.05) is 6.42 Å². The largest absolute Gasteiger partial charge is 0.299 e. The highest BCUT2D eigenvalue weighted by molar-refractivity contribution is 5.92. The van der Waals surface area contributed by atoms with E-state index in [0.717, 1.165) is 12.8 Å². The third kappa shape index (κ3) is 1.71. The van der Waals surface area contributed by atoms with Crippen molar-refractivity contribution in [3.63, 3.8) is 0 Å². The van der Waals surface area contributed by atoms with Gasteiger partial charge < -0.3 is 0 Å². The van der Waals surface area contributed by atoms with Gasteiger partial charge in [0.1, 0.15) is 5.78 Å². The predicted molar refractivity (Wildman–Crippen MR) is 78.8 cm³/mol. The quantitative estimate of drug-likeness (QED) is 0.764. The Morgan fingerprint density at radius 3 is 2.42 bits per heavy atom. The molecule has 2 fully saturated rings. The first-order chi connectivity index (χ1) is 8.96. The SMILES string of the molecule is Cc1ccc(C=CC23CCC(CC2=O)C3(C)C)cc1. The van der Waals surface area contributed by atoms with Crippen LogP contribution in [-0.4, -0.2) is 5.78 Å². The van der Waals surface area contributed by atoms with E-state index in [2.05, 4.69) is 57.2 Å². The first kappa shape index (κ1) is 12.7. The lowest BCUT2D eigenvalue weighted by molar-refractivity contribution is -0.126. The maximum absolute atomic E-state index is 12.4. The second-order valence-corrected chi connectivity index (χ2v) is 6.80. The second-order valence-electron chi connectivity index (χ2n) is 6.80. The Hall–Kier alpha value is -1.37. The number of benzene rings is 1. The minimum Gasteiger partial charge on any atom is -0.299 e. The number of hydrogen-bond acceptors (Lipinski definition) is 1. The lowest BCUT2D eigenvalue weighted by Gasteiger charge is -2.33. The molecule has 2 aliphatic carbocycles. The zero-order valence-corrected chi connectivity index (χ0v) is 12.1. The molecule has 1 aromatic rings. The Balaban J connectivity index is 1.93. The van der Waals surface area contributed by atoms with Crippen molar-refractivity contribution < 1.29 is 4.79 Å². The van der Waals surface area contributed by atoms with E-state index < -0.39 is 0 Å². The summed E-state index contributed by atoms with van der Waals surface area (Å²) in [7, 11) is 0. The highest BCUT2D eigenvalue weighted by Gasteiger charge is 2.62. The van der Waals surface area contributed by atoms with Crippen LogP contribution in [0.1, 0.15) is 44.2 Å². The van der Waals surface area contributed by atoms with E-state index in [9.17, 15) is 4.79 Å². The van der Waals surface area contributed by atoms with E-state index in [1.54, 1.807) is 0 Å². The number of carbonyl (C=O) groups excluding carboxylic acids is 1. The monoisotopic (exact) mass is 254 g/mol. The van der Waals surface area contributed by atoms with Gasteiger partial charge in [0.05, 0.1) is 5.41 Å². The minimum atomic E-state index is -0.206. The molecule has 0 aliphatic heterocycles. The number of carbonyl (C=O) groups is 1. The summed E-state index contributed by atoms with van der Waals surface area (Å²) >= 11 is 0. The zero-order chi connectivity index (χ0) is 13.7. The summed E-state index contributed by atoms with van der Waals surface area (Å²) in [5, 5.41) is 0. The van der Waals surface area contributed by atoms with Crippen molar-refractivity contribution in [1.29, 1.82) is 0 Å². The van der Waals surface area contributed by atoms with Crippen LogP contribution in [0, 0.1) is 23.7 Å². The predicted octanol–water partition coefficient (Wildman–Crippen LogP) is 4.40. The maximum Gasteiger partial charge on any atom is 0.143 e. The van der Waals surface area contributed by atoms with Gasteiger partial charge in [-0.15, -0.1) is 0 Å². The van der Waals surface area contributed by atoms with E-state index in [1.165, 1.54) is 17.5 Å². The molecule has 0 spiro atoms. The van der Waals surface area contributed by atoms with Gasteiger partial charge in [-0.25, -0.2) is 0 Å². The Bertz CT molecular complexity index is 535. The summed E-state index contributed by atoms with van der Waals surface area (Å²) in [4.78, 5) is 12.4. The average Bonchev–Trinajstić information content (AvgIpc) is 2.72. The van der Waals surface area contributed by atoms with Gasteiger partial charge in [0.25, 0.3) is 0 Å². The molecule has 0 saturated heterocycles.